The molecule has 2 heteroatoms. The molecule has 0 bridgehead atoms. The predicted molar refractivity (Wildman–Crippen MR) is 44.3 cm³/mol. The maximum Gasteiger partial charge on any atom is 0.0519 e. The van der Waals surface area contributed by atoms with Gasteiger partial charge in [-0.15, -0.1) is 0 Å². The van der Waals surface area contributed by atoms with Crippen molar-refractivity contribution in [3.05, 3.63) is 0 Å². The molecule has 1 fully saturated rings. The zero-order chi connectivity index (χ0) is 8.27. The molecule has 1 N–H and O–H groups in total. The Morgan fingerprint density at radius 2 is 2.09 bits per heavy atom. The highest BCUT2D eigenvalue weighted by molar-refractivity contribution is 4.77. The molecule has 1 rings (SSSR count). The monoisotopic (exact) mass is 158 g/mol. The summed E-state index contributed by atoms with van der Waals surface area (Å²) >= 11 is 0. The lowest BCUT2D eigenvalue weighted by Gasteiger charge is -2.35. The van der Waals surface area contributed by atoms with Gasteiger partial charge in [0.05, 0.1) is 13.2 Å². The highest BCUT2D eigenvalue weighted by Gasteiger charge is 2.29. The quantitative estimate of drug-likeness (QED) is 0.668. The number of rotatable bonds is 4. The van der Waals surface area contributed by atoms with Gasteiger partial charge in [-0.2, -0.15) is 0 Å². The number of hydrogen-bond acceptors (Lipinski definition) is 2. The Morgan fingerprint density at radius 1 is 1.45 bits per heavy atom. The highest BCUT2D eigenvalue weighted by Crippen LogP contribution is 2.29. The average molecular weight is 158 g/mol. The second kappa shape index (κ2) is 4.07. The van der Waals surface area contributed by atoms with Gasteiger partial charge in [0.15, 0.2) is 0 Å². The summed E-state index contributed by atoms with van der Waals surface area (Å²) in [4.78, 5) is 0. The first-order valence-electron chi connectivity index (χ1n) is 4.44. The molecule has 0 aromatic rings. The summed E-state index contributed by atoms with van der Waals surface area (Å²) in [6.45, 7) is 6.57. The van der Waals surface area contributed by atoms with Crippen LogP contribution in [0.25, 0.3) is 0 Å². The molecule has 0 aliphatic carbocycles. The molecule has 1 unspecified atom stereocenters. The van der Waals surface area contributed by atoms with Crippen LogP contribution in [-0.4, -0.2) is 24.9 Å². The molecule has 0 spiro atoms. The van der Waals surface area contributed by atoms with Gasteiger partial charge in [0.1, 0.15) is 0 Å². The van der Waals surface area contributed by atoms with Gasteiger partial charge in [-0.25, -0.2) is 0 Å². The van der Waals surface area contributed by atoms with E-state index in [0.717, 1.165) is 19.6 Å². The highest BCUT2D eigenvalue weighted by atomic mass is 16.5. The maximum absolute atomic E-state index is 8.81. The minimum absolute atomic E-state index is 0.319. The largest absolute Gasteiger partial charge is 0.396 e. The fourth-order valence-electron chi connectivity index (χ4n) is 1.76. The summed E-state index contributed by atoms with van der Waals surface area (Å²) in [5.41, 5.74) is 0. The van der Waals surface area contributed by atoms with Crippen molar-refractivity contribution in [3.8, 4) is 0 Å². The van der Waals surface area contributed by atoms with Gasteiger partial charge in [-0.3, -0.25) is 0 Å². The van der Waals surface area contributed by atoms with Crippen molar-refractivity contribution < 1.29 is 9.84 Å². The summed E-state index contributed by atoms with van der Waals surface area (Å²) < 4.78 is 5.13. The second-order valence-corrected chi connectivity index (χ2v) is 3.72. The molecule has 0 saturated carbocycles. The van der Waals surface area contributed by atoms with E-state index in [9.17, 15) is 0 Å². The number of aliphatic hydroxyl groups excluding tert-OH is 1. The van der Waals surface area contributed by atoms with Crippen molar-refractivity contribution in [1.29, 1.82) is 0 Å². The smallest absolute Gasteiger partial charge is 0.0519 e. The van der Waals surface area contributed by atoms with Gasteiger partial charge < -0.3 is 9.84 Å². The van der Waals surface area contributed by atoms with Crippen LogP contribution in [0.4, 0.5) is 0 Å². The normalized spacial score (nSPS) is 21.8. The first-order chi connectivity index (χ1) is 5.25. The fraction of sp³-hybridized carbons (Fsp3) is 1.00. The molecular formula is C9H18O2. The van der Waals surface area contributed by atoms with Gasteiger partial charge in [-0.05, 0) is 18.3 Å². The summed E-state index contributed by atoms with van der Waals surface area (Å²) in [7, 11) is 0. The van der Waals surface area contributed by atoms with Gasteiger partial charge in [-0.1, -0.05) is 13.8 Å². The molecular weight excluding hydrogens is 140 g/mol. The van der Waals surface area contributed by atoms with E-state index < -0.39 is 0 Å². The lowest BCUT2D eigenvalue weighted by Crippen LogP contribution is -2.37. The maximum atomic E-state index is 8.81. The molecule has 11 heavy (non-hydrogen) atoms. The minimum atomic E-state index is 0.319. The third-order valence-corrected chi connectivity index (χ3v) is 2.59. The molecule has 1 heterocycles. The first kappa shape index (κ1) is 9.01. The van der Waals surface area contributed by atoms with Crippen LogP contribution in [0.3, 0.4) is 0 Å². The van der Waals surface area contributed by atoms with Gasteiger partial charge in [0.25, 0.3) is 0 Å². The van der Waals surface area contributed by atoms with Crippen LogP contribution in [0.1, 0.15) is 20.3 Å². The van der Waals surface area contributed by atoms with Gasteiger partial charge in [0, 0.05) is 12.5 Å². The lowest BCUT2D eigenvalue weighted by molar-refractivity contribution is -0.0745. The van der Waals surface area contributed by atoms with Crippen LogP contribution in [0.2, 0.25) is 0 Å². The summed E-state index contributed by atoms with van der Waals surface area (Å²) in [6.07, 6.45) is 0.936. The van der Waals surface area contributed by atoms with E-state index in [2.05, 4.69) is 13.8 Å². The van der Waals surface area contributed by atoms with Crippen molar-refractivity contribution in [2.75, 3.05) is 19.8 Å². The zero-order valence-corrected chi connectivity index (χ0v) is 7.42. The molecule has 0 amide bonds. The van der Waals surface area contributed by atoms with Crippen LogP contribution < -0.4 is 0 Å². The van der Waals surface area contributed by atoms with Crippen LogP contribution in [-0.2, 0) is 4.74 Å². The Kier molecular flexibility index (Phi) is 3.34. The van der Waals surface area contributed by atoms with E-state index >= 15 is 0 Å². The van der Waals surface area contributed by atoms with Crippen molar-refractivity contribution in [2.24, 2.45) is 17.8 Å². The SMILES string of the molecule is CC(C)C(CCO)C1COC1. The Bertz CT molecular complexity index is 108. The molecule has 1 atom stereocenters. The minimum Gasteiger partial charge on any atom is -0.396 e. The van der Waals surface area contributed by atoms with Crippen molar-refractivity contribution >= 4 is 0 Å². The number of aliphatic hydroxyl groups is 1. The van der Waals surface area contributed by atoms with E-state index in [4.69, 9.17) is 9.84 Å². The summed E-state index contributed by atoms with van der Waals surface area (Å²) in [5.74, 6) is 2.05. The molecule has 1 aliphatic heterocycles. The van der Waals surface area contributed by atoms with E-state index in [0.29, 0.717) is 24.4 Å². The van der Waals surface area contributed by atoms with E-state index in [-0.39, 0.29) is 0 Å². The third kappa shape index (κ3) is 2.17. The van der Waals surface area contributed by atoms with Gasteiger partial charge >= 0.3 is 0 Å². The fourth-order valence-corrected chi connectivity index (χ4v) is 1.76. The Labute approximate surface area is 68.6 Å². The van der Waals surface area contributed by atoms with Crippen LogP contribution in [0, 0.1) is 17.8 Å². The second-order valence-electron chi connectivity index (χ2n) is 3.72. The van der Waals surface area contributed by atoms with Crippen molar-refractivity contribution in [2.45, 2.75) is 20.3 Å². The molecule has 0 aromatic heterocycles. The Balaban J connectivity index is 2.31. The molecule has 1 aliphatic rings. The van der Waals surface area contributed by atoms with Crippen LogP contribution in [0.15, 0.2) is 0 Å². The third-order valence-electron chi connectivity index (χ3n) is 2.59. The van der Waals surface area contributed by atoms with E-state index in [1.54, 1.807) is 0 Å². The van der Waals surface area contributed by atoms with Crippen molar-refractivity contribution in [1.82, 2.24) is 0 Å². The lowest BCUT2D eigenvalue weighted by atomic mass is 9.80. The standard InChI is InChI=1S/C9H18O2/c1-7(2)9(3-4-10)8-5-11-6-8/h7-10H,3-6H2,1-2H3. The number of ether oxygens (including phenoxy) is 1. The average Bonchev–Trinajstić information content (AvgIpc) is 1.82. The summed E-state index contributed by atoms with van der Waals surface area (Å²) in [6, 6.07) is 0. The zero-order valence-electron chi connectivity index (χ0n) is 7.42. The van der Waals surface area contributed by atoms with Crippen LogP contribution >= 0.6 is 0 Å². The molecule has 0 radical (unpaired) electrons. The molecule has 1 saturated heterocycles. The topological polar surface area (TPSA) is 29.5 Å². The Morgan fingerprint density at radius 3 is 2.36 bits per heavy atom. The van der Waals surface area contributed by atoms with Crippen molar-refractivity contribution in [3.63, 3.8) is 0 Å². The van der Waals surface area contributed by atoms with E-state index in [1.165, 1.54) is 0 Å². The molecule has 2 nitrogen and oxygen atoms in total. The van der Waals surface area contributed by atoms with E-state index in [1.807, 2.05) is 0 Å². The summed E-state index contributed by atoms with van der Waals surface area (Å²) in [5, 5.41) is 8.81. The van der Waals surface area contributed by atoms with Crippen LogP contribution in [0.5, 0.6) is 0 Å². The molecule has 0 aromatic carbocycles. The first-order valence-corrected chi connectivity index (χ1v) is 4.44. The number of hydrogen-bond donors (Lipinski definition) is 1. The predicted octanol–water partition coefficient (Wildman–Crippen LogP) is 1.29. The Hall–Kier alpha value is -0.0800. The molecule has 66 valence electrons. The van der Waals surface area contributed by atoms with Gasteiger partial charge in [0.2, 0.25) is 0 Å².